The number of rotatable bonds is 4. The maximum Gasteiger partial charge on any atom is 0.241 e. The Hall–Kier alpha value is -0.820. The topological polar surface area (TPSA) is 89.3 Å². The monoisotopic (exact) mass is 296 g/mol. The molecule has 94 valence electrons. The fourth-order valence-electron chi connectivity index (χ4n) is 1.00. The lowest BCUT2D eigenvalue weighted by molar-refractivity contribution is -0.119. The summed E-state index contributed by atoms with van der Waals surface area (Å²) in [6, 6.07) is 2.83. The van der Waals surface area contributed by atoms with Crippen molar-refractivity contribution in [2.24, 2.45) is 5.73 Å². The van der Waals surface area contributed by atoms with Crippen LogP contribution in [0.3, 0.4) is 0 Å². The maximum atomic E-state index is 11.8. The van der Waals surface area contributed by atoms with E-state index in [0.29, 0.717) is 0 Å². The molecule has 1 aromatic rings. The molecule has 5 nitrogen and oxygen atoms in total. The summed E-state index contributed by atoms with van der Waals surface area (Å²) >= 11 is 11.4. The van der Waals surface area contributed by atoms with Crippen LogP contribution in [-0.2, 0) is 14.8 Å². The molecular formula is C9H10Cl2N2O3S. The molecule has 0 spiro atoms. The third-order valence-corrected chi connectivity index (χ3v) is 4.24. The van der Waals surface area contributed by atoms with Gasteiger partial charge in [-0.2, -0.15) is 4.72 Å². The van der Waals surface area contributed by atoms with E-state index in [1.165, 1.54) is 25.1 Å². The number of halogens is 2. The number of hydrogen-bond donors (Lipinski definition) is 2. The Morgan fingerprint density at radius 2 is 1.94 bits per heavy atom. The second-order valence-electron chi connectivity index (χ2n) is 3.32. The molecule has 1 atom stereocenters. The molecule has 0 aliphatic carbocycles. The van der Waals surface area contributed by atoms with Crippen LogP contribution in [0.2, 0.25) is 10.0 Å². The molecule has 0 saturated heterocycles. The summed E-state index contributed by atoms with van der Waals surface area (Å²) in [5, 5.41) is 0.356. The van der Waals surface area contributed by atoms with E-state index in [1.54, 1.807) is 0 Å². The van der Waals surface area contributed by atoms with Gasteiger partial charge in [0.15, 0.2) is 0 Å². The van der Waals surface area contributed by atoms with Crippen molar-refractivity contribution in [2.45, 2.75) is 17.9 Å². The predicted octanol–water partition coefficient (Wildman–Crippen LogP) is 1.15. The Bertz CT molecular complexity index is 545. The molecule has 0 bridgehead atoms. The molecule has 0 aliphatic heterocycles. The third kappa shape index (κ3) is 3.57. The number of nitrogens with one attached hydrogen (secondary N) is 1. The van der Waals surface area contributed by atoms with Crippen LogP contribution in [0.4, 0.5) is 0 Å². The van der Waals surface area contributed by atoms with Crippen LogP contribution >= 0.6 is 23.2 Å². The minimum atomic E-state index is -3.84. The van der Waals surface area contributed by atoms with Gasteiger partial charge in [-0.15, -0.1) is 0 Å². The van der Waals surface area contributed by atoms with Gasteiger partial charge in [-0.3, -0.25) is 4.79 Å². The minimum absolute atomic E-state index is 0.0833. The van der Waals surface area contributed by atoms with Crippen LogP contribution in [-0.4, -0.2) is 20.4 Å². The van der Waals surface area contributed by atoms with E-state index in [4.69, 9.17) is 28.9 Å². The van der Waals surface area contributed by atoms with Gasteiger partial charge in [0.25, 0.3) is 0 Å². The highest BCUT2D eigenvalue weighted by molar-refractivity contribution is 7.89. The zero-order valence-electron chi connectivity index (χ0n) is 8.78. The van der Waals surface area contributed by atoms with Gasteiger partial charge < -0.3 is 5.73 Å². The number of amides is 1. The Labute approximate surface area is 109 Å². The second-order valence-corrected chi connectivity index (χ2v) is 5.85. The first-order valence-electron chi connectivity index (χ1n) is 4.51. The van der Waals surface area contributed by atoms with Crippen molar-refractivity contribution < 1.29 is 13.2 Å². The van der Waals surface area contributed by atoms with E-state index in [-0.39, 0.29) is 14.9 Å². The molecular weight excluding hydrogens is 287 g/mol. The van der Waals surface area contributed by atoms with Crippen LogP contribution in [0.25, 0.3) is 0 Å². The van der Waals surface area contributed by atoms with E-state index in [0.717, 1.165) is 0 Å². The summed E-state index contributed by atoms with van der Waals surface area (Å²) < 4.78 is 25.7. The van der Waals surface area contributed by atoms with Crippen LogP contribution in [0.5, 0.6) is 0 Å². The minimum Gasteiger partial charge on any atom is -0.368 e. The Morgan fingerprint density at radius 1 is 1.35 bits per heavy atom. The average Bonchev–Trinajstić information content (AvgIpc) is 2.21. The highest BCUT2D eigenvalue weighted by atomic mass is 35.5. The lowest BCUT2D eigenvalue weighted by Gasteiger charge is -2.11. The van der Waals surface area contributed by atoms with Gasteiger partial charge >= 0.3 is 0 Å². The number of sulfonamides is 1. The first kappa shape index (κ1) is 14.2. The average molecular weight is 297 g/mol. The molecule has 3 N–H and O–H groups in total. The largest absolute Gasteiger partial charge is 0.368 e. The van der Waals surface area contributed by atoms with Crippen LogP contribution in [0.1, 0.15) is 6.92 Å². The predicted molar refractivity (Wildman–Crippen MR) is 65.4 cm³/mol. The van der Waals surface area contributed by atoms with E-state index >= 15 is 0 Å². The van der Waals surface area contributed by atoms with Crippen molar-refractivity contribution in [3.63, 3.8) is 0 Å². The van der Waals surface area contributed by atoms with Crippen molar-refractivity contribution >= 4 is 39.1 Å². The summed E-state index contributed by atoms with van der Waals surface area (Å²) in [4.78, 5) is 10.7. The van der Waals surface area contributed by atoms with Gasteiger partial charge in [-0.05, 0) is 25.1 Å². The summed E-state index contributed by atoms with van der Waals surface area (Å²) in [5.41, 5.74) is 4.96. The van der Waals surface area contributed by atoms with Gasteiger partial charge in [0, 0.05) is 0 Å². The highest BCUT2D eigenvalue weighted by Crippen LogP contribution is 2.24. The molecule has 1 aromatic carbocycles. The summed E-state index contributed by atoms with van der Waals surface area (Å²) in [6.07, 6.45) is 0. The number of primary amides is 1. The van der Waals surface area contributed by atoms with E-state index in [9.17, 15) is 13.2 Å². The highest BCUT2D eigenvalue weighted by Gasteiger charge is 2.20. The van der Waals surface area contributed by atoms with E-state index in [1.807, 2.05) is 0 Å². The summed E-state index contributed by atoms with van der Waals surface area (Å²) in [6.45, 7) is 1.34. The fraction of sp³-hybridized carbons (Fsp3) is 0.222. The molecule has 1 rings (SSSR count). The SMILES string of the molecule is CC(NS(=O)(=O)c1ccc(Cl)c(Cl)c1)C(N)=O. The molecule has 1 unspecified atom stereocenters. The molecule has 8 heteroatoms. The lowest BCUT2D eigenvalue weighted by atomic mass is 10.4. The van der Waals surface area contributed by atoms with Crippen molar-refractivity contribution in [3.8, 4) is 0 Å². The zero-order chi connectivity index (χ0) is 13.2. The third-order valence-electron chi connectivity index (χ3n) is 1.96. The van der Waals surface area contributed by atoms with Crippen LogP contribution < -0.4 is 10.5 Å². The van der Waals surface area contributed by atoms with E-state index < -0.39 is 22.0 Å². The maximum absolute atomic E-state index is 11.8. The van der Waals surface area contributed by atoms with Crippen LogP contribution in [0.15, 0.2) is 23.1 Å². The van der Waals surface area contributed by atoms with Crippen molar-refractivity contribution in [2.75, 3.05) is 0 Å². The first-order chi connectivity index (χ1) is 7.74. The molecule has 1 amide bonds. The number of carbonyl (C=O) groups is 1. The number of benzene rings is 1. The Balaban J connectivity index is 3.05. The summed E-state index contributed by atoms with van der Waals surface area (Å²) in [5.74, 6) is -0.770. The van der Waals surface area contributed by atoms with Crippen molar-refractivity contribution in [1.82, 2.24) is 4.72 Å². The Kier molecular flexibility index (Phi) is 4.37. The summed E-state index contributed by atoms with van der Waals surface area (Å²) in [7, 11) is -3.84. The number of nitrogens with two attached hydrogens (primary N) is 1. The first-order valence-corrected chi connectivity index (χ1v) is 6.74. The zero-order valence-corrected chi connectivity index (χ0v) is 11.1. The van der Waals surface area contributed by atoms with Gasteiger partial charge in [-0.1, -0.05) is 23.2 Å². The van der Waals surface area contributed by atoms with Gasteiger partial charge in [-0.25, -0.2) is 8.42 Å². The smallest absolute Gasteiger partial charge is 0.241 e. The molecule has 0 fully saturated rings. The Morgan fingerprint density at radius 3 is 2.41 bits per heavy atom. The number of carbonyl (C=O) groups excluding carboxylic acids is 1. The van der Waals surface area contributed by atoms with Gasteiger partial charge in [0.05, 0.1) is 21.0 Å². The quantitative estimate of drug-likeness (QED) is 0.873. The lowest BCUT2D eigenvalue weighted by Crippen LogP contribution is -2.42. The normalized spacial score (nSPS) is 13.4. The molecule has 17 heavy (non-hydrogen) atoms. The molecule has 0 aromatic heterocycles. The molecule has 0 radical (unpaired) electrons. The molecule has 0 aliphatic rings. The fourth-order valence-corrected chi connectivity index (χ4v) is 2.60. The van der Waals surface area contributed by atoms with Gasteiger partial charge in [0.2, 0.25) is 15.9 Å². The molecule has 0 heterocycles. The molecule has 0 saturated carbocycles. The standard InChI is InChI=1S/C9H10Cl2N2O3S/c1-5(9(12)14)13-17(15,16)6-2-3-7(10)8(11)4-6/h2-5,13H,1H3,(H2,12,14). The van der Waals surface area contributed by atoms with Crippen molar-refractivity contribution in [1.29, 1.82) is 0 Å². The van der Waals surface area contributed by atoms with Crippen molar-refractivity contribution in [3.05, 3.63) is 28.2 Å². The second kappa shape index (κ2) is 5.22. The van der Waals surface area contributed by atoms with Crippen LogP contribution in [0, 0.1) is 0 Å². The van der Waals surface area contributed by atoms with E-state index in [2.05, 4.69) is 4.72 Å². The van der Waals surface area contributed by atoms with Gasteiger partial charge in [0.1, 0.15) is 0 Å². The number of hydrogen-bond acceptors (Lipinski definition) is 3.